The number of aromatic nitrogens is 2. The van der Waals surface area contributed by atoms with Crippen LogP contribution >= 0.6 is 11.8 Å². The van der Waals surface area contributed by atoms with E-state index in [2.05, 4.69) is 46.7 Å². The Kier molecular flexibility index (Phi) is 7.09. The van der Waals surface area contributed by atoms with E-state index in [1.165, 1.54) is 10.5 Å². The topological polar surface area (TPSA) is 77.3 Å². The average molecular weight is 335 g/mol. The molecule has 0 atom stereocenters. The van der Waals surface area contributed by atoms with Gasteiger partial charge in [-0.15, -0.1) is 16.9 Å². The first-order chi connectivity index (χ1) is 11.2. The minimum absolute atomic E-state index is 0.114. The quantitative estimate of drug-likeness (QED) is 0.560. The van der Waals surface area contributed by atoms with E-state index in [-0.39, 0.29) is 11.9 Å². The predicted molar refractivity (Wildman–Crippen MR) is 89.6 cm³/mol. The molecule has 7 heteroatoms. The number of carbonyl (C=O) groups is 1. The van der Waals surface area contributed by atoms with Crippen molar-refractivity contribution in [2.45, 2.75) is 31.1 Å². The van der Waals surface area contributed by atoms with Gasteiger partial charge in [0.25, 0.3) is 0 Å². The van der Waals surface area contributed by atoms with Crippen LogP contribution in [0.2, 0.25) is 0 Å². The van der Waals surface area contributed by atoms with Crippen molar-refractivity contribution in [3.8, 4) is 0 Å². The molecular weight excluding hydrogens is 314 g/mol. The number of methoxy groups -OCH3 is 1. The van der Waals surface area contributed by atoms with E-state index in [9.17, 15) is 4.79 Å². The summed E-state index contributed by atoms with van der Waals surface area (Å²) < 4.78 is 10.2. The summed E-state index contributed by atoms with van der Waals surface area (Å²) in [4.78, 5) is 13.0. The Labute approximate surface area is 140 Å². The number of ether oxygens (including phenoxy) is 1. The lowest BCUT2D eigenvalue weighted by Gasteiger charge is -2.02. The second-order valence-corrected chi connectivity index (χ2v) is 6.23. The highest BCUT2D eigenvalue weighted by atomic mass is 32.2. The highest BCUT2D eigenvalue weighted by Gasteiger charge is 2.09. The molecule has 0 aliphatic heterocycles. The number of aryl methyl sites for hydroxylation is 1. The van der Waals surface area contributed by atoms with E-state index in [0.29, 0.717) is 25.3 Å². The zero-order valence-corrected chi connectivity index (χ0v) is 14.2. The fraction of sp³-hybridized carbons (Fsp3) is 0.438. The smallest absolute Gasteiger partial charge is 0.322 e. The number of carbonyl (C=O) groups excluding carboxylic acids is 1. The van der Waals surface area contributed by atoms with Crippen LogP contribution in [0.4, 0.5) is 6.01 Å². The molecule has 2 rings (SSSR count). The summed E-state index contributed by atoms with van der Waals surface area (Å²) in [5.74, 6) is 1.23. The Balaban J connectivity index is 1.64. The van der Waals surface area contributed by atoms with Crippen molar-refractivity contribution in [1.82, 2.24) is 10.2 Å². The summed E-state index contributed by atoms with van der Waals surface area (Å²) in [5.41, 5.74) is 1.25. The third kappa shape index (κ3) is 6.42. The molecule has 0 fully saturated rings. The van der Waals surface area contributed by atoms with Crippen molar-refractivity contribution >= 4 is 23.7 Å². The molecule has 1 aromatic carbocycles. The Bertz CT molecular complexity index is 613. The van der Waals surface area contributed by atoms with Gasteiger partial charge in [-0.2, -0.15) is 0 Å². The van der Waals surface area contributed by atoms with Crippen LogP contribution in [-0.4, -0.2) is 35.6 Å². The van der Waals surface area contributed by atoms with Crippen LogP contribution in [0, 0.1) is 6.92 Å². The summed E-state index contributed by atoms with van der Waals surface area (Å²) in [6.45, 7) is 2.57. The maximum atomic E-state index is 11.8. The molecule has 0 aliphatic carbocycles. The summed E-state index contributed by atoms with van der Waals surface area (Å²) >= 11 is 1.75. The summed E-state index contributed by atoms with van der Waals surface area (Å²) in [6.07, 6.45) is 1.75. The van der Waals surface area contributed by atoms with Crippen molar-refractivity contribution in [2.75, 3.05) is 24.8 Å². The summed E-state index contributed by atoms with van der Waals surface area (Å²) in [5, 5.41) is 10.2. The number of hydrogen-bond acceptors (Lipinski definition) is 6. The third-order valence-corrected chi connectivity index (χ3v) is 4.17. The molecule has 0 spiro atoms. The molecule has 0 radical (unpaired) electrons. The van der Waals surface area contributed by atoms with E-state index in [0.717, 1.165) is 12.2 Å². The SMILES string of the molecule is COCCc1nnc(NC(=O)CCCSc2ccc(C)cc2)o1. The Hall–Kier alpha value is -1.86. The molecule has 0 saturated heterocycles. The van der Waals surface area contributed by atoms with E-state index >= 15 is 0 Å². The average Bonchev–Trinajstić information content (AvgIpc) is 2.98. The lowest BCUT2D eigenvalue weighted by Crippen LogP contribution is -2.11. The molecule has 0 bridgehead atoms. The van der Waals surface area contributed by atoms with Gasteiger partial charge in [0.2, 0.25) is 11.8 Å². The van der Waals surface area contributed by atoms with E-state index < -0.39 is 0 Å². The first-order valence-corrected chi connectivity index (χ1v) is 8.46. The van der Waals surface area contributed by atoms with Crippen molar-refractivity contribution < 1.29 is 13.9 Å². The van der Waals surface area contributed by atoms with Crippen molar-refractivity contribution in [2.24, 2.45) is 0 Å². The molecule has 0 saturated carbocycles. The molecule has 124 valence electrons. The molecular formula is C16H21N3O3S. The number of nitrogens with one attached hydrogen (secondary N) is 1. The number of benzene rings is 1. The fourth-order valence-corrected chi connectivity index (χ4v) is 2.69. The van der Waals surface area contributed by atoms with Gasteiger partial charge in [-0.3, -0.25) is 10.1 Å². The second kappa shape index (κ2) is 9.32. The molecule has 1 amide bonds. The maximum Gasteiger partial charge on any atom is 0.322 e. The Morgan fingerprint density at radius 1 is 1.30 bits per heavy atom. The van der Waals surface area contributed by atoms with Crippen molar-refractivity contribution in [1.29, 1.82) is 0 Å². The van der Waals surface area contributed by atoms with Crippen molar-refractivity contribution in [3.05, 3.63) is 35.7 Å². The van der Waals surface area contributed by atoms with Crippen LogP contribution in [-0.2, 0) is 16.0 Å². The van der Waals surface area contributed by atoms with Gasteiger partial charge in [-0.25, -0.2) is 0 Å². The van der Waals surface area contributed by atoms with E-state index in [4.69, 9.17) is 9.15 Å². The van der Waals surface area contributed by atoms with Crippen LogP contribution in [0.15, 0.2) is 33.6 Å². The molecule has 2 aromatic rings. The highest BCUT2D eigenvalue weighted by Crippen LogP contribution is 2.19. The molecule has 1 heterocycles. The van der Waals surface area contributed by atoms with Crippen LogP contribution in [0.25, 0.3) is 0 Å². The zero-order chi connectivity index (χ0) is 16.5. The zero-order valence-electron chi connectivity index (χ0n) is 13.4. The summed E-state index contributed by atoms with van der Waals surface area (Å²) in [7, 11) is 1.60. The van der Waals surface area contributed by atoms with E-state index in [1.807, 2.05) is 0 Å². The van der Waals surface area contributed by atoms with Gasteiger partial charge >= 0.3 is 6.01 Å². The van der Waals surface area contributed by atoms with Gasteiger partial charge in [0.1, 0.15) is 0 Å². The molecule has 1 N–H and O–H groups in total. The van der Waals surface area contributed by atoms with Gasteiger partial charge in [-0.1, -0.05) is 22.8 Å². The largest absolute Gasteiger partial charge is 0.408 e. The molecule has 23 heavy (non-hydrogen) atoms. The van der Waals surface area contributed by atoms with Gasteiger partial charge in [0, 0.05) is 24.8 Å². The number of amides is 1. The number of rotatable bonds is 9. The van der Waals surface area contributed by atoms with E-state index in [1.54, 1.807) is 18.9 Å². The van der Waals surface area contributed by atoms with Crippen LogP contribution in [0.5, 0.6) is 0 Å². The minimum atomic E-state index is -0.114. The monoisotopic (exact) mass is 335 g/mol. The highest BCUT2D eigenvalue weighted by molar-refractivity contribution is 7.99. The number of hydrogen-bond donors (Lipinski definition) is 1. The van der Waals surface area contributed by atoms with Crippen LogP contribution < -0.4 is 5.32 Å². The first-order valence-electron chi connectivity index (χ1n) is 7.48. The molecule has 0 aliphatic rings. The summed E-state index contributed by atoms with van der Waals surface area (Å²) in [6, 6.07) is 8.52. The van der Waals surface area contributed by atoms with Gasteiger partial charge < -0.3 is 9.15 Å². The van der Waals surface area contributed by atoms with Gasteiger partial charge in [0.15, 0.2) is 0 Å². The molecule has 1 aromatic heterocycles. The van der Waals surface area contributed by atoms with Crippen molar-refractivity contribution in [3.63, 3.8) is 0 Å². The van der Waals surface area contributed by atoms with Crippen LogP contribution in [0.1, 0.15) is 24.3 Å². The second-order valence-electron chi connectivity index (χ2n) is 5.06. The third-order valence-electron chi connectivity index (χ3n) is 3.07. The Morgan fingerprint density at radius 3 is 2.83 bits per heavy atom. The lowest BCUT2D eigenvalue weighted by molar-refractivity contribution is -0.116. The standard InChI is InChI=1S/C16H21N3O3S/c1-12-5-7-13(8-6-12)23-11-3-4-14(20)17-16-19-18-15(22-16)9-10-21-2/h5-8H,3-4,9-11H2,1-2H3,(H,17,19,20). The normalized spacial score (nSPS) is 10.7. The van der Waals surface area contributed by atoms with Gasteiger partial charge in [0.05, 0.1) is 6.61 Å². The van der Waals surface area contributed by atoms with Crippen LogP contribution in [0.3, 0.4) is 0 Å². The number of thioether (sulfide) groups is 1. The molecule has 0 unspecified atom stereocenters. The maximum absolute atomic E-state index is 11.8. The number of nitrogens with zero attached hydrogens (tertiary/aromatic N) is 2. The fourth-order valence-electron chi connectivity index (χ4n) is 1.83. The lowest BCUT2D eigenvalue weighted by atomic mass is 10.2. The minimum Gasteiger partial charge on any atom is -0.408 e. The number of anilines is 1. The first kappa shape index (κ1) is 17.5. The molecule has 6 nitrogen and oxygen atoms in total. The van der Waals surface area contributed by atoms with Gasteiger partial charge in [-0.05, 0) is 31.2 Å². The Morgan fingerprint density at radius 2 is 2.09 bits per heavy atom. The predicted octanol–water partition coefficient (Wildman–Crippen LogP) is 3.08.